The van der Waals surface area contributed by atoms with E-state index >= 15 is 0 Å². The Bertz CT molecular complexity index is 911. The molecular weight excluding hydrogens is 400 g/mol. The van der Waals surface area contributed by atoms with E-state index in [2.05, 4.69) is 10.3 Å². The van der Waals surface area contributed by atoms with Crippen LogP contribution in [0.3, 0.4) is 0 Å². The number of amides is 2. The van der Waals surface area contributed by atoms with Crippen molar-refractivity contribution in [1.29, 1.82) is 0 Å². The zero-order valence-corrected chi connectivity index (χ0v) is 18.4. The summed E-state index contributed by atoms with van der Waals surface area (Å²) in [5, 5.41) is 5.82. The van der Waals surface area contributed by atoms with Gasteiger partial charge in [0.1, 0.15) is 5.75 Å². The maximum atomic E-state index is 12.8. The highest BCUT2D eigenvalue weighted by molar-refractivity contribution is 7.09. The molecule has 8 heteroatoms. The van der Waals surface area contributed by atoms with Crippen molar-refractivity contribution in [3.8, 4) is 5.75 Å². The molecule has 1 aliphatic heterocycles. The number of ether oxygens (including phenoxy) is 1. The topological polar surface area (TPSA) is 74.8 Å². The lowest BCUT2D eigenvalue weighted by Gasteiger charge is -2.34. The highest BCUT2D eigenvalue weighted by atomic mass is 32.1. The average molecular weight is 429 g/mol. The number of rotatable bonds is 8. The van der Waals surface area contributed by atoms with E-state index in [0.29, 0.717) is 26.2 Å². The van der Waals surface area contributed by atoms with Crippen molar-refractivity contribution < 1.29 is 14.3 Å². The van der Waals surface area contributed by atoms with Gasteiger partial charge in [-0.15, -0.1) is 11.3 Å². The van der Waals surface area contributed by atoms with Gasteiger partial charge in [0.15, 0.2) is 0 Å². The number of aryl methyl sites for hydroxylation is 1. The second-order valence-corrected chi connectivity index (χ2v) is 8.32. The Hall–Kier alpha value is -2.71. The quantitative estimate of drug-likeness (QED) is 0.699. The fraction of sp³-hybridized carbons (Fsp3) is 0.409. The van der Waals surface area contributed by atoms with E-state index in [1.807, 2.05) is 53.6 Å². The number of benzene rings is 1. The predicted molar refractivity (Wildman–Crippen MR) is 118 cm³/mol. The number of piperazine rings is 1. The summed E-state index contributed by atoms with van der Waals surface area (Å²) in [6.07, 6.45) is 4.14. The van der Waals surface area contributed by atoms with Crippen LogP contribution in [0.5, 0.6) is 5.75 Å². The molecule has 1 aliphatic rings. The number of nitrogens with zero attached hydrogens (tertiary/aromatic N) is 3. The Morgan fingerprint density at radius 2 is 2.23 bits per heavy atom. The fourth-order valence-electron chi connectivity index (χ4n) is 3.45. The van der Waals surface area contributed by atoms with E-state index in [1.54, 1.807) is 30.4 Å². The molecule has 1 atom stereocenters. The first-order chi connectivity index (χ1) is 14.5. The molecule has 2 aromatic rings. The molecule has 1 aromatic heterocycles. The number of methoxy groups -OCH3 is 1. The van der Waals surface area contributed by atoms with Gasteiger partial charge in [0, 0.05) is 37.6 Å². The molecule has 0 radical (unpaired) electrons. The zero-order valence-electron chi connectivity index (χ0n) is 17.6. The second-order valence-electron chi connectivity index (χ2n) is 7.26. The van der Waals surface area contributed by atoms with Crippen molar-refractivity contribution in [2.45, 2.75) is 25.9 Å². The molecule has 1 N–H and O–H groups in total. The number of carbonyl (C=O) groups excluding carboxylic acids is 2. The van der Waals surface area contributed by atoms with Gasteiger partial charge in [-0.3, -0.25) is 14.5 Å². The molecule has 2 amide bonds. The lowest BCUT2D eigenvalue weighted by atomic mass is 10.1. The SMILES string of the molecule is COc1ccccc1/C=C/CN1CCNC(=O)[C@H]1CC(=O)N(C)Cc1csc(C)n1. The minimum atomic E-state index is -0.479. The van der Waals surface area contributed by atoms with Gasteiger partial charge in [0.05, 0.1) is 36.8 Å². The zero-order chi connectivity index (χ0) is 21.5. The van der Waals surface area contributed by atoms with Crippen LogP contribution in [0.4, 0.5) is 0 Å². The molecule has 0 bridgehead atoms. The molecule has 3 rings (SSSR count). The number of hydrogen-bond donors (Lipinski definition) is 1. The lowest BCUT2D eigenvalue weighted by Crippen LogP contribution is -2.56. The van der Waals surface area contributed by atoms with Crippen LogP contribution < -0.4 is 10.1 Å². The molecule has 0 aliphatic carbocycles. The summed E-state index contributed by atoms with van der Waals surface area (Å²) in [6.45, 7) is 4.26. The molecule has 160 valence electrons. The van der Waals surface area contributed by atoms with Gasteiger partial charge in [-0.2, -0.15) is 0 Å². The summed E-state index contributed by atoms with van der Waals surface area (Å²) >= 11 is 1.57. The molecule has 0 saturated carbocycles. The Kier molecular flexibility index (Phi) is 7.59. The third-order valence-electron chi connectivity index (χ3n) is 5.08. The van der Waals surface area contributed by atoms with Gasteiger partial charge < -0.3 is 15.0 Å². The molecular formula is C22H28N4O3S. The van der Waals surface area contributed by atoms with E-state index in [0.717, 1.165) is 22.0 Å². The number of nitrogens with one attached hydrogen (secondary N) is 1. The molecule has 1 aromatic carbocycles. The van der Waals surface area contributed by atoms with Crippen molar-refractivity contribution in [2.24, 2.45) is 0 Å². The number of aromatic nitrogens is 1. The van der Waals surface area contributed by atoms with Crippen LogP contribution in [0, 0.1) is 6.92 Å². The first-order valence-electron chi connectivity index (χ1n) is 9.94. The number of thiazole rings is 1. The summed E-state index contributed by atoms with van der Waals surface area (Å²) < 4.78 is 5.37. The van der Waals surface area contributed by atoms with Crippen LogP contribution >= 0.6 is 11.3 Å². The Morgan fingerprint density at radius 1 is 1.43 bits per heavy atom. The minimum absolute atomic E-state index is 0.0681. The molecule has 2 heterocycles. The third kappa shape index (κ3) is 5.67. The maximum absolute atomic E-state index is 12.8. The smallest absolute Gasteiger partial charge is 0.237 e. The van der Waals surface area contributed by atoms with Crippen LogP contribution in [0.25, 0.3) is 6.08 Å². The number of hydrogen-bond acceptors (Lipinski definition) is 6. The van der Waals surface area contributed by atoms with Crippen molar-refractivity contribution in [3.63, 3.8) is 0 Å². The maximum Gasteiger partial charge on any atom is 0.237 e. The second kappa shape index (κ2) is 10.4. The highest BCUT2D eigenvalue weighted by Crippen LogP contribution is 2.19. The monoisotopic (exact) mass is 428 g/mol. The van der Waals surface area contributed by atoms with Crippen molar-refractivity contribution in [3.05, 3.63) is 52.0 Å². The summed E-state index contributed by atoms with van der Waals surface area (Å²) in [5.41, 5.74) is 1.85. The average Bonchev–Trinajstić information content (AvgIpc) is 3.15. The van der Waals surface area contributed by atoms with Gasteiger partial charge in [-0.05, 0) is 13.0 Å². The van der Waals surface area contributed by atoms with Crippen molar-refractivity contribution >= 4 is 29.2 Å². The predicted octanol–water partition coefficient (Wildman–Crippen LogP) is 2.32. The summed E-state index contributed by atoms with van der Waals surface area (Å²) in [5.74, 6) is 0.635. The largest absolute Gasteiger partial charge is 0.496 e. The van der Waals surface area contributed by atoms with Gasteiger partial charge in [0.25, 0.3) is 0 Å². The molecule has 7 nitrogen and oxygen atoms in total. The van der Waals surface area contributed by atoms with Gasteiger partial charge >= 0.3 is 0 Å². The Balaban J connectivity index is 1.61. The van der Waals surface area contributed by atoms with Crippen LogP contribution in [-0.4, -0.2) is 66.4 Å². The minimum Gasteiger partial charge on any atom is -0.496 e. The van der Waals surface area contributed by atoms with E-state index < -0.39 is 6.04 Å². The van der Waals surface area contributed by atoms with E-state index in [9.17, 15) is 9.59 Å². The highest BCUT2D eigenvalue weighted by Gasteiger charge is 2.31. The van der Waals surface area contributed by atoms with Crippen LogP contribution in [-0.2, 0) is 16.1 Å². The van der Waals surface area contributed by atoms with Crippen LogP contribution in [0.15, 0.2) is 35.7 Å². The Morgan fingerprint density at radius 3 is 2.97 bits per heavy atom. The summed E-state index contributed by atoms with van der Waals surface area (Å²) in [6, 6.07) is 7.30. The standard InChI is InChI=1S/C22H28N4O3S/c1-16-24-18(15-30-16)14-25(2)21(27)13-19-22(28)23-10-12-26(19)11-6-8-17-7-4-5-9-20(17)29-3/h4-9,15,19H,10-14H2,1-3H3,(H,23,28)/b8-6+/t19-/m1/s1. The number of para-hydroxylation sites is 1. The van der Waals surface area contributed by atoms with E-state index in [4.69, 9.17) is 4.74 Å². The van der Waals surface area contributed by atoms with E-state index in [1.165, 1.54) is 0 Å². The molecule has 1 fully saturated rings. The molecule has 0 spiro atoms. The molecule has 30 heavy (non-hydrogen) atoms. The summed E-state index contributed by atoms with van der Waals surface area (Å²) in [4.78, 5) is 33.3. The lowest BCUT2D eigenvalue weighted by molar-refractivity contribution is -0.138. The third-order valence-corrected chi connectivity index (χ3v) is 5.90. The van der Waals surface area contributed by atoms with Gasteiger partial charge in [0.2, 0.25) is 11.8 Å². The fourth-order valence-corrected chi connectivity index (χ4v) is 4.06. The van der Waals surface area contributed by atoms with Gasteiger partial charge in [-0.25, -0.2) is 4.98 Å². The first-order valence-corrected chi connectivity index (χ1v) is 10.8. The van der Waals surface area contributed by atoms with E-state index in [-0.39, 0.29) is 18.2 Å². The van der Waals surface area contributed by atoms with Crippen LogP contribution in [0.2, 0.25) is 0 Å². The van der Waals surface area contributed by atoms with Crippen LogP contribution in [0.1, 0.15) is 22.7 Å². The first kappa shape index (κ1) is 22.0. The van der Waals surface area contributed by atoms with Crippen molar-refractivity contribution in [1.82, 2.24) is 20.1 Å². The Labute approximate surface area is 181 Å². The summed E-state index contributed by atoms with van der Waals surface area (Å²) in [7, 11) is 3.40. The van der Waals surface area contributed by atoms with Gasteiger partial charge in [-0.1, -0.05) is 30.4 Å². The number of carbonyl (C=O) groups is 2. The molecule has 1 saturated heterocycles. The molecule has 0 unspecified atom stereocenters. The normalized spacial score (nSPS) is 17.2. The van der Waals surface area contributed by atoms with Crippen molar-refractivity contribution in [2.75, 3.05) is 33.8 Å².